The summed E-state index contributed by atoms with van der Waals surface area (Å²) in [5, 5.41) is 4.58. The van der Waals surface area contributed by atoms with Crippen molar-refractivity contribution in [2.75, 3.05) is 0 Å². The third-order valence-corrected chi connectivity index (χ3v) is 4.22. The van der Waals surface area contributed by atoms with Crippen LogP contribution in [0.3, 0.4) is 0 Å². The van der Waals surface area contributed by atoms with Crippen molar-refractivity contribution in [3.63, 3.8) is 0 Å². The van der Waals surface area contributed by atoms with Gasteiger partial charge >= 0.3 is 0 Å². The highest BCUT2D eigenvalue weighted by molar-refractivity contribution is 7.71. The van der Waals surface area contributed by atoms with Crippen LogP contribution in [0.25, 0.3) is 11.2 Å². The Hall–Kier alpha value is -1.10. The van der Waals surface area contributed by atoms with Crippen molar-refractivity contribution in [3.05, 3.63) is 10.5 Å². The van der Waals surface area contributed by atoms with E-state index in [2.05, 4.69) is 47.0 Å². The number of nitrogens with zero attached hydrogens (tertiary/aromatic N) is 3. The zero-order valence-electron chi connectivity index (χ0n) is 13.2. The molecule has 2 aromatic heterocycles. The number of nitrogens with one attached hydrogen (secondary N) is 1. The molecule has 1 unspecified atom stereocenters. The van der Waals surface area contributed by atoms with Crippen molar-refractivity contribution in [1.29, 1.82) is 0 Å². The van der Waals surface area contributed by atoms with Gasteiger partial charge in [-0.3, -0.25) is 4.57 Å². The second kappa shape index (κ2) is 6.12. The van der Waals surface area contributed by atoms with Crippen LogP contribution >= 0.6 is 12.2 Å². The van der Waals surface area contributed by atoms with E-state index in [-0.39, 0.29) is 0 Å². The first-order chi connectivity index (χ1) is 9.45. The molecule has 2 rings (SSSR count). The first-order valence-corrected chi connectivity index (χ1v) is 8.04. The molecule has 20 heavy (non-hydrogen) atoms. The van der Waals surface area contributed by atoms with Gasteiger partial charge in [-0.15, -0.1) is 0 Å². The van der Waals surface area contributed by atoms with Crippen LogP contribution in [-0.4, -0.2) is 19.3 Å². The molecule has 1 atom stereocenters. The average molecular weight is 294 g/mol. The van der Waals surface area contributed by atoms with Gasteiger partial charge in [-0.2, -0.15) is 5.10 Å². The fourth-order valence-corrected chi connectivity index (χ4v) is 3.17. The average Bonchev–Trinajstić information content (AvgIpc) is 2.86. The van der Waals surface area contributed by atoms with Gasteiger partial charge in [0.15, 0.2) is 10.4 Å². The van der Waals surface area contributed by atoms with E-state index >= 15 is 0 Å². The van der Waals surface area contributed by atoms with Crippen LogP contribution in [0.4, 0.5) is 0 Å². The molecule has 0 aliphatic rings. The molecule has 0 aromatic carbocycles. The number of rotatable bonds is 6. The minimum atomic E-state index is 0.413. The Morgan fingerprint density at radius 3 is 2.55 bits per heavy atom. The quantitative estimate of drug-likeness (QED) is 0.790. The lowest BCUT2D eigenvalue weighted by molar-refractivity contribution is 0.445. The molecular weight excluding hydrogens is 268 g/mol. The summed E-state index contributed by atoms with van der Waals surface area (Å²) in [5.41, 5.74) is 3.26. The molecule has 0 saturated heterocycles. The normalized spacial score (nSPS) is 13.5. The molecule has 0 aliphatic heterocycles. The van der Waals surface area contributed by atoms with E-state index in [9.17, 15) is 0 Å². The van der Waals surface area contributed by atoms with Crippen molar-refractivity contribution < 1.29 is 0 Å². The minimum Gasteiger partial charge on any atom is -0.328 e. The molecule has 4 nitrogen and oxygen atoms in total. The predicted octanol–water partition coefficient (Wildman–Crippen LogP) is 4.61. The van der Waals surface area contributed by atoms with E-state index < -0.39 is 0 Å². The number of aromatic amines is 1. The van der Waals surface area contributed by atoms with Crippen LogP contribution in [-0.2, 0) is 6.54 Å². The zero-order valence-corrected chi connectivity index (χ0v) is 14.0. The Morgan fingerprint density at radius 1 is 1.25 bits per heavy atom. The monoisotopic (exact) mass is 294 g/mol. The lowest BCUT2D eigenvalue weighted by Gasteiger charge is -2.15. The Balaban J connectivity index is 2.33. The van der Waals surface area contributed by atoms with Gasteiger partial charge < -0.3 is 4.98 Å². The van der Waals surface area contributed by atoms with Crippen molar-refractivity contribution in [1.82, 2.24) is 19.3 Å². The smallest absolute Gasteiger partial charge is 0.179 e. The van der Waals surface area contributed by atoms with Gasteiger partial charge in [0.05, 0.1) is 5.69 Å². The molecule has 1 N–H and O–H groups in total. The van der Waals surface area contributed by atoms with Crippen molar-refractivity contribution in [3.8, 4) is 0 Å². The molecule has 0 radical (unpaired) electrons. The molecule has 0 saturated carbocycles. The summed E-state index contributed by atoms with van der Waals surface area (Å²) in [7, 11) is 0. The summed E-state index contributed by atoms with van der Waals surface area (Å²) in [5.74, 6) is 0.768. The SMILES string of the molecule is CCn1nc(C)c2[nH]c(=S)n(C(C)CCCC(C)C)c21. The lowest BCUT2D eigenvalue weighted by Crippen LogP contribution is -2.10. The van der Waals surface area contributed by atoms with E-state index in [1.54, 1.807) is 0 Å². The molecule has 2 aromatic rings. The largest absolute Gasteiger partial charge is 0.328 e. The van der Waals surface area contributed by atoms with Crippen LogP contribution in [0, 0.1) is 17.6 Å². The van der Waals surface area contributed by atoms with Crippen LogP contribution in [0.5, 0.6) is 0 Å². The van der Waals surface area contributed by atoms with E-state index in [4.69, 9.17) is 12.2 Å². The fraction of sp³-hybridized carbons (Fsp3) is 0.733. The van der Waals surface area contributed by atoms with Crippen molar-refractivity contribution in [2.45, 2.75) is 66.5 Å². The van der Waals surface area contributed by atoms with Gasteiger partial charge in [0, 0.05) is 12.6 Å². The number of aryl methyl sites for hydroxylation is 2. The summed E-state index contributed by atoms with van der Waals surface area (Å²) >= 11 is 5.52. The van der Waals surface area contributed by atoms with Crippen LogP contribution in [0.1, 0.15) is 58.7 Å². The highest BCUT2D eigenvalue weighted by Gasteiger charge is 2.17. The van der Waals surface area contributed by atoms with E-state index in [1.807, 2.05) is 6.92 Å². The Morgan fingerprint density at radius 2 is 1.95 bits per heavy atom. The van der Waals surface area contributed by atoms with Gasteiger partial charge in [0.25, 0.3) is 0 Å². The molecule has 5 heteroatoms. The summed E-state index contributed by atoms with van der Waals surface area (Å²) in [6, 6.07) is 0.413. The van der Waals surface area contributed by atoms with Crippen LogP contribution < -0.4 is 0 Å². The van der Waals surface area contributed by atoms with Crippen molar-refractivity contribution in [2.24, 2.45) is 5.92 Å². The van der Waals surface area contributed by atoms with Gasteiger partial charge in [0.2, 0.25) is 0 Å². The second-order valence-corrected chi connectivity index (χ2v) is 6.46. The van der Waals surface area contributed by atoms with Crippen LogP contribution in [0.15, 0.2) is 0 Å². The fourth-order valence-electron chi connectivity index (χ4n) is 2.80. The van der Waals surface area contributed by atoms with E-state index in [0.717, 1.165) is 40.5 Å². The van der Waals surface area contributed by atoms with Gasteiger partial charge in [-0.05, 0) is 45.3 Å². The number of fused-ring (bicyclic) bond motifs is 1. The van der Waals surface area contributed by atoms with Gasteiger partial charge in [0.1, 0.15) is 5.52 Å². The highest BCUT2D eigenvalue weighted by atomic mass is 32.1. The molecule has 0 bridgehead atoms. The molecular formula is C15H26N4S. The van der Waals surface area contributed by atoms with E-state index in [0.29, 0.717) is 6.04 Å². The number of H-pyrrole nitrogens is 1. The number of imidazole rings is 1. The molecule has 112 valence electrons. The highest BCUT2D eigenvalue weighted by Crippen LogP contribution is 2.25. The summed E-state index contributed by atoms with van der Waals surface area (Å²) in [6.45, 7) is 11.8. The second-order valence-electron chi connectivity index (χ2n) is 6.07. The molecule has 0 spiro atoms. The maximum absolute atomic E-state index is 5.52. The third kappa shape index (κ3) is 2.82. The Kier molecular flexibility index (Phi) is 4.68. The minimum absolute atomic E-state index is 0.413. The maximum atomic E-state index is 5.52. The lowest BCUT2D eigenvalue weighted by atomic mass is 10.0. The maximum Gasteiger partial charge on any atom is 0.179 e. The first kappa shape index (κ1) is 15.3. The zero-order chi connectivity index (χ0) is 14.9. The summed E-state index contributed by atoms with van der Waals surface area (Å²) in [4.78, 5) is 3.32. The Bertz CT molecular complexity index is 632. The topological polar surface area (TPSA) is 38.5 Å². The van der Waals surface area contributed by atoms with Crippen molar-refractivity contribution >= 4 is 23.4 Å². The Labute approximate surface area is 126 Å². The number of hydrogen-bond acceptors (Lipinski definition) is 2. The standard InChI is InChI=1S/C15H26N4S/c1-6-18-14-13(12(5)17-18)16-15(20)19(14)11(4)9-7-8-10(2)3/h10-11H,6-9H2,1-5H3,(H,16,20). The molecule has 0 fully saturated rings. The number of aromatic nitrogens is 4. The van der Waals surface area contributed by atoms with Gasteiger partial charge in [-0.25, -0.2) is 4.68 Å². The number of hydrogen-bond donors (Lipinski definition) is 1. The van der Waals surface area contributed by atoms with E-state index in [1.165, 1.54) is 12.8 Å². The predicted molar refractivity (Wildman–Crippen MR) is 86.7 cm³/mol. The summed E-state index contributed by atoms with van der Waals surface area (Å²) < 4.78 is 5.12. The van der Waals surface area contributed by atoms with Gasteiger partial charge in [-0.1, -0.05) is 26.7 Å². The summed E-state index contributed by atoms with van der Waals surface area (Å²) in [6.07, 6.45) is 3.68. The first-order valence-electron chi connectivity index (χ1n) is 7.63. The molecule has 0 aliphatic carbocycles. The third-order valence-electron chi connectivity index (χ3n) is 3.92. The molecule has 2 heterocycles. The van der Waals surface area contributed by atoms with Crippen LogP contribution in [0.2, 0.25) is 0 Å². The molecule has 0 amide bonds.